The van der Waals surface area contributed by atoms with Crippen LogP contribution in [0.15, 0.2) is 11.1 Å². The van der Waals surface area contributed by atoms with Gasteiger partial charge in [0.15, 0.2) is 5.84 Å². The summed E-state index contributed by atoms with van der Waals surface area (Å²) in [6, 6.07) is 2.09. The van der Waals surface area contributed by atoms with E-state index in [1.165, 1.54) is 5.56 Å². The highest BCUT2D eigenvalue weighted by atomic mass is 14.9. The molecular weight excluding hydrogens is 174 g/mol. The first-order valence-corrected chi connectivity index (χ1v) is 4.56. The molecule has 3 heteroatoms. The molecular formula is C11H13N3. The van der Waals surface area contributed by atoms with Gasteiger partial charge in [0.25, 0.3) is 0 Å². The first-order chi connectivity index (χ1) is 6.52. The van der Waals surface area contributed by atoms with Crippen molar-refractivity contribution in [2.45, 2.75) is 20.8 Å². The molecule has 1 heterocycles. The fraction of sp³-hybridized carbons (Fsp3) is 0.273. The van der Waals surface area contributed by atoms with Gasteiger partial charge < -0.3 is 5.73 Å². The molecule has 0 unspecified atom stereocenters. The average Bonchev–Trinajstić information content (AvgIpc) is 2.38. The first-order valence-electron chi connectivity index (χ1n) is 4.56. The summed E-state index contributed by atoms with van der Waals surface area (Å²) >= 11 is 0. The van der Waals surface area contributed by atoms with Crippen LogP contribution >= 0.6 is 0 Å². The molecule has 1 aliphatic heterocycles. The minimum Gasteiger partial charge on any atom is -0.383 e. The molecule has 0 radical (unpaired) electrons. The maximum atomic E-state index is 7.73. The summed E-state index contributed by atoms with van der Waals surface area (Å²) in [6.45, 7) is 6.06. The van der Waals surface area contributed by atoms with E-state index in [-0.39, 0.29) is 0 Å². The van der Waals surface area contributed by atoms with Crippen molar-refractivity contribution >= 4 is 11.7 Å². The number of nitrogens with zero attached hydrogens (tertiary/aromatic N) is 1. The Kier molecular flexibility index (Phi) is 1.71. The highest BCUT2D eigenvalue weighted by molar-refractivity contribution is 6.22. The zero-order chi connectivity index (χ0) is 10.5. The van der Waals surface area contributed by atoms with Gasteiger partial charge in [-0.05, 0) is 37.5 Å². The second kappa shape index (κ2) is 2.67. The van der Waals surface area contributed by atoms with Gasteiger partial charge in [-0.1, -0.05) is 6.07 Å². The Labute approximate surface area is 83.2 Å². The molecule has 14 heavy (non-hydrogen) atoms. The van der Waals surface area contributed by atoms with Gasteiger partial charge in [-0.15, -0.1) is 0 Å². The summed E-state index contributed by atoms with van der Waals surface area (Å²) < 4.78 is 0. The van der Waals surface area contributed by atoms with Crippen molar-refractivity contribution in [1.29, 1.82) is 5.41 Å². The van der Waals surface area contributed by atoms with Crippen LogP contribution in [0.3, 0.4) is 0 Å². The van der Waals surface area contributed by atoms with E-state index in [0.29, 0.717) is 11.7 Å². The average molecular weight is 187 g/mol. The summed E-state index contributed by atoms with van der Waals surface area (Å²) in [6.07, 6.45) is 0. The van der Waals surface area contributed by atoms with E-state index >= 15 is 0 Å². The highest BCUT2D eigenvalue weighted by Gasteiger charge is 2.23. The van der Waals surface area contributed by atoms with Crippen LogP contribution in [0.2, 0.25) is 0 Å². The summed E-state index contributed by atoms with van der Waals surface area (Å²) in [5.74, 6) is 0.771. The van der Waals surface area contributed by atoms with Crippen molar-refractivity contribution in [1.82, 2.24) is 0 Å². The monoisotopic (exact) mass is 187 g/mol. The topological polar surface area (TPSA) is 62.2 Å². The number of fused-ring (bicyclic) bond motifs is 1. The van der Waals surface area contributed by atoms with Crippen molar-refractivity contribution in [2.75, 3.05) is 0 Å². The summed E-state index contributed by atoms with van der Waals surface area (Å²) in [5, 5.41) is 7.73. The Bertz CT molecular complexity index is 470. The number of hydrogen-bond donors (Lipinski definition) is 2. The SMILES string of the molecule is Cc1cc(C)c2c(c1C)C(=N)N=C2N. The van der Waals surface area contributed by atoms with Crippen molar-refractivity contribution in [3.8, 4) is 0 Å². The minimum absolute atomic E-state index is 0.293. The molecule has 0 saturated carbocycles. The standard InChI is InChI=1S/C11H13N3/c1-5-4-6(2)8-9(7(5)3)11(13)14-10(8)12/h4H,1-3H3,(H3,12,13,14). The van der Waals surface area contributed by atoms with E-state index < -0.39 is 0 Å². The molecule has 0 atom stereocenters. The van der Waals surface area contributed by atoms with E-state index in [9.17, 15) is 0 Å². The van der Waals surface area contributed by atoms with E-state index in [0.717, 1.165) is 22.3 Å². The zero-order valence-corrected chi connectivity index (χ0v) is 8.60. The zero-order valence-electron chi connectivity index (χ0n) is 8.60. The lowest BCUT2D eigenvalue weighted by atomic mass is 9.94. The van der Waals surface area contributed by atoms with Gasteiger partial charge in [-0.25, -0.2) is 4.99 Å². The lowest BCUT2D eigenvalue weighted by molar-refractivity contribution is 1.27. The van der Waals surface area contributed by atoms with E-state index in [2.05, 4.69) is 11.1 Å². The number of nitrogens with two attached hydrogens (primary N) is 1. The fourth-order valence-corrected chi connectivity index (χ4v) is 1.95. The Balaban J connectivity index is 2.85. The molecule has 1 aliphatic rings. The maximum Gasteiger partial charge on any atom is 0.155 e. The number of aliphatic imine (C=N–C) groups is 1. The maximum absolute atomic E-state index is 7.73. The third kappa shape index (κ3) is 0.985. The van der Waals surface area contributed by atoms with Crippen LogP contribution in [0, 0.1) is 26.2 Å². The lowest BCUT2D eigenvalue weighted by Crippen LogP contribution is -2.13. The Hall–Kier alpha value is -1.64. The number of aryl methyl sites for hydroxylation is 2. The summed E-state index contributed by atoms with van der Waals surface area (Å²) in [4.78, 5) is 4.00. The van der Waals surface area contributed by atoms with Gasteiger partial charge in [0.05, 0.1) is 0 Å². The van der Waals surface area contributed by atoms with Crippen LogP contribution < -0.4 is 5.73 Å². The molecule has 0 amide bonds. The molecule has 1 aromatic rings. The van der Waals surface area contributed by atoms with E-state index in [4.69, 9.17) is 11.1 Å². The quantitative estimate of drug-likeness (QED) is 0.637. The summed E-state index contributed by atoms with van der Waals surface area (Å²) in [5.41, 5.74) is 11.0. The van der Waals surface area contributed by atoms with Gasteiger partial charge in [0.2, 0.25) is 0 Å². The van der Waals surface area contributed by atoms with Crippen LogP contribution in [0.4, 0.5) is 0 Å². The smallest absolute Gasteiger partial charge is 0.155 e. The fourth-order valence-electron chi connectivity index (χ4n) is 1.95. The molecule has 3 nitrogen and oxygen atoms in total. The molecule has 0 saturated heterocycles. The molecule has 2 rings (SSSR count). The van der Waals surface area contributed by atoms with E-state index in [1.807, 2.05) is 20.8 Å². The van der Waals surface area contributed by atoms with E-state index in [1.54, 1.807) is 0 Å². The number of nitrogens with one attached hydrogen (secondary N) is 1. The van der Waals surface area contributed by atoms with Gasteiger partial charge in [-0.2, -0.15) is 0 Å². The van der Waals surface area contributed by atoms with Crippen LogP contribution in [0.25, 0.3) is 0 Å². The Morgan fingerprint density at radius 2 is 1.79 bits per heavy atom. The minimum atomic E-state index is 0.293. The number of amidine groups is 2. The molecule has 0 aromatic heterocycles. The predicted molar refractivity (Wildman–Crippen MR) is 58.2 cm³/mol. The predicted octanol–water partition coefficient (Wildman–Crippen LogP) is 1.66. The molecule has 72 valence electrons. The summed E-state index contributed by atoms with van der Waals surface area (Å²) in [7, 11) is 0. The van der Waals surface area contributed by atoms with Crippen LogP contribution in [-0.4, -0.2) is 11.7 Å². The van der Waals surface area contributed by atoms with Crippen LogP contribution in [0.1, 0.15) is 27.8 Å². The third-order valence-corrected chi connectivity index (χ3v) is 2.77. The largest absolute Gasteiger partial charge is 0.383 e. The second-order valence-corrected chi connectivity index (χ2v) is 3.73. The number of hydrogen-bond acceptors (Lipinski definition) is 2. The van der Waals surface area contributed by atoms with Gasteiger partial charge in [-0.3, -0.25) is 5.41 Å². The molecule has 0 fully saturated rings. The molecule has 1 aromatic carbocycles. The van der Waals surface area contributed by atoms with Crippen molar-refractivity contribution in [2.24, 2.45) is 10.7 Å². The highest BCUT2D eigenvalue weighted by Crippen LogP contribution is 2.26. The first kappa shape index (κ1) is 8.94. The van der Waals surface area contributed by atoms with Crippen LogP contribution in [-0.2, 0) is 0 Å². The van der Waals surface area contributed by atoms with Crippen LogP contribution in [0.5, 0.6) is 0 Å². The van der Waals surface area contributed by atoms with Crippen molar-refractivity contribution in [3.05, 3.63) is 33.9 Å². The molecule has 3 N–H and O–H groups in total. The van der Waals surface area contributed by atoms with Crippen molar-refractivity contribution < 1.29 is 0 Å². The van der Waals surface area contributed by atoms with Gasteiger partial charge in [0.1, 0.15) is 5.84 Å². The lowest BCUT2D eigenvalue weighted by Gasteiger charge is -2.10. The molecule has 0 bridgehead atoms. The number of benzene rings is 1. The molecule has 0 aliphatic carbocycles. The normalized spacial score (nSPS) is 14.2. The Morgan fingerprint density at radius 1 is 1.14 bits per heavy atom. The van der Waals surface area contributed by atoms with Gasteiger partial charge in [0, 0.05) is 11.1 Å². The van der Waals surface area contributed by atoms with Crippen molar-refractivity contribution in [3.63, 3.8) is 0 Å². The Morgan fingerprint density at radius 3 is 2.43 bits per heavy atom. The second-order valence-electron chi connectivity index (χ2n) is 3.73. The molecule has 0 spiro atoms. The third-order valence-electron chi connectivity index (χ3n) is 2.77. The number of rotatable bonds is 0. The van der Waals surface area contributed by atoms with Gasteiger partial charge >= 0.3 is 0 Å².